The fourth-order valence-electron chi connectivity index (χ4n) is 0.606. The Morgan fingerprint density at radius 2 is 2.50 bits per heavy atom. The molecule has 2 aliphatic rings. The van der Waals surface area contributed by atoms with Gasteiger partial charge in [-0.1, -0.05) is 0 Å². The van der Waals surface area contributed by atoms with Gasteiger partial charge in [0.2, 0.25) is 6.20 Å². The van der Waals surface area contributed by atoms with Crippen LogP contribution in [0.4, 0.5) is 0 Å². The Kier molecular flexibility index (Phi) is 0.192. The lowest BCUT2D eigenvalue weighted by Crippen LogP contribution is -2.03. The molecule has 0 aromatic heterocycles. The molecule has 0 saturated heterocycles. The van der Waals surface area contributed by atoms with Crippen LogP contribution in [0.3, 0.4) is 0 Å². The van der Waals surface area contributed by atoms with Crippen molar-refractivity contribution in [1.82, 2.24) is 0 Å². The number of hydrogen-bond acceptors (Lipinski definition) is 0. The fraction of sp³-hybridized carbons (Fsp3) is 0. The molecule has 0 aromatic rings. The highest BCUT2D eigenvalue weighted by atomic mass is 15.1. The van der Waals surface area contributed by atoms with Crippen molar-refractivity contribution in [3.8, 4) is 5.69 Å². The molecule has 0 bridgehead atoms. The Labute approximate surface area is 35.9 Å². The highest BCUT2D eigenvalue weighted by Crippen LogP contribution is 2.03. The highest BCUT2D eigenvalue weighted by Gasteiger charge is 2.20. The molecular weight excluding hydrogens is 74.1 g/mol. The van der Waals surface area contributed by atoms with Gasteiger partial charge in [-0.3, -0.25) is 0 Å². The van der Waals surface area contributed by atoms with E-state index < -0.39 is 0 Å². The molecule has 0 aromatic carbocycles. The van der Waals surface area contributed by atoms with Crippen molar-refractivity contribution in [3.05, 3.63) is 24.5 Å². The zero-order chi connectivity index (χ0) is 3.98. The number of hydrogen-bond donors (Lipinski definition) is 0. The summed E-state index contributed by atoms with van der Waals surface area (Å²) in [5, 5.41) is 0. The van der Waals surface area contributed by atoms with Crippen molar-refractivity contribution >= 4 is 0 Å². The van der Waals surface area contributed by atoms with E-state index in [0.29, 0.717) is 0 Å². The van der Waals surface area contributed by atoms with Gasteiger partial charge in [0.15, 0.2) is 6.20 Å². The monoisotopic (exact) mass is 78.0 g/mol. The molecular formula is C5H4N+. The molecule has 2 rings (SSSR count). The molecule has 6 heavy (non-hydrogen) atoms. The summed E-state index contributed by atoms with van der Waals surface area (Å²) in [6.07, 6.45) is 4.12. The van der Waals surface area contributed by atoms with Crippen LogP contribution in [-0.2, 0) is 0 Å². The van der Waals surface area contributed by atoms with Crippen molar-refractivity contribution in [2.24, 2.45) is 0 Å². The minimum Gasteiger partial charge on any atom is -0.156 e. The molecule has 1 nitrogen and oxygen atoms in total. The van der Waals surface area contributed by atoms with Crippen LogP contribution in [0.25, 0.3) is 5.69 Å². The number of nitrogens with zero attached hydrogens (tertiary/aromatic N) is 1. The van der Waals surface area contributed by atoms with Gasteiger partial charge in [-0.15, -0.1) is 0 Å². The third-order valence-electron chi connectivity index (χ3n) is 1.02. The Morgan fingerprint density at radius 1 is 1.50 bits per heavy atom. The Hall–Kier alpha value is -0.850. The van der Waals surface area contributed by atoms with Crippen LogP contribution in [0.15, 0.2) is 24.5 Å². The maximum atomic E-state index is 2.08. The van der Waals surface area contributed by atoms with E-state index in [9.17, 15) is 0 Å². The molecule has 0 spiro atoms. The van der Waals surface area contributed by atoms with Gasteiger partial charge in [0, 0.05) is 12.1 Å². The molecule has 0 unspecified atom stereocenters. The largest absolute Gasteiger partial charge is 0.275 e. The summed E-state index contributed by atoms with van der Waals surface area (Å²) < 4.78 is 2.08. The van der Waals surface area contributed by atoms with Crippen molar-refractivity contribution in [2.45, 2.75) is 0 Å². The van der Waals surface area contributed by atoms with Gasteiger partial charge in [0.1, 0.15) is 0 Å². The van der Waals surface area contributed by atoms with E-state index in [-0.39, 0.29) is 0 Å². The smallest absolute Gasteiger partial charge is 0.156 e. The molecule has 1 heteroatoms. The summed E-state index contributed by atoms with van der Waals surface area (Å²) in [6.45, 7) is 0. The Balaban J connectivity index is 2.91. The minimum atomic E-state index is 1.34. The first-order valence-corrected chi connectivity index (χ1v) is 1.98. The van der Waals surface area contributed by atoms with Crippen LogP contribution in [-0.4, -0.2) is 0 Å². The van der Waals surface area contributed by atoms with Gasteiger partial charge in [0.05, 0.1) is 0 Å². The second-order valence-corrected chi connectivity index (χ2v) is 1.47. The third kappa shape index (κ3) is 0.117. The zero-order valence-electron chi connectivity index (χ0n) is 3.26. The summed E-state index contributed by atoms with van der Waals surface area (Å²) in [6, 6.07) is 4.12. The minimum absolute atomic E-state index is 1.34. The van der Waals surface area contributed by atoms with Crippen LogP contribution >= 0.6 is 0 Å². The summed E-state index contributed by atoms with van der Waals surface area (Å²) in [7, 11) is 0. The zero-order valence-corrected chi connectivity index (χ0v) is 3.26. The molecule has 0 amide bonds. The van der Waals surface area contributed by atoms with Crippen molar-refractivity contribution in [3.63, 3.8) is 0 Å². The lowest BCUT2D eigenvalue weighted by atomic mass is 10.6. The molecule has 0 saturated carbocycles. The topological polar surface area (TPSA) is 3.88 Å². The lowest BCUT2D eigenvalue weighted by Gasteiger charge is -1.42. The number of aromatic nitrogens is 1. The molecule has 2 aliphatic heterocycles. The maximum Gasteiger partial charge on any atom is 0.275 e. The van der Waals surface area contributed by atoms with Crippen LogP contribution in [0.5, 0.6) is 0 Å². The van der Waals surface area contributed by atoms with Crippen LogP contribution in [0.2, 0.25) is 0 Å². The van der Waals surface area contributed by atoms with Crippen molar-refractivity contribution < 1.29 is 4.57 Å². The Morgan fingerprint density at radius 3 is 2.67 bits per heavy atom. The SMILES string of the molecule is c1cc2c[n+]-2c1. The predicted molar refractivity (Wildman–Crippen MR) is 21.5 cm³/mol. The average molecular weight is 78.1 g/mol. The van der Waals surface area contributed by atoms with E-state index in [0.717, 1.165) is 0 Å². The summed E-state index contributed by atoms with van der Waals surface area (Å²) in [5.41, 5.74) is 1.34. The first kappa shape index (κ1) is 2.35. The van der Waals surface area contributed by atoms with Gasteiger partial charge in [-0.05, 0) is 0 Å². The molecule has 0 radical (unpaired) electrons. The highest BCUT2D eigenvalue weighted by molar-refractivity contribution is 5.22. The quantitative estimate of drug-likeness (QED) is 0.398. The van der Waals surface area contributed by atoms with Crippen LogP contribution in [0, 0.1) is 0 Å². The van der Waals surface area contributed by atoms with E-state index in [1.165, 1.54) is 5.69 Å². The molecule has 0 atom stereocenters. The van der Waals surface area contributed by atoms with E-state index in [1.807, 2.05) is 12.3 Å². The Bertz CT molecular complexity index is 164. The molecule has 0 fully saturated rings. The maximum absolute atomic E-state index is 2.08. The van der Waals surface area contributed by atoms with E-state index in [1.54, 1.807) is 0 Å². The van der Waals surface area contributed by atoms with Gasteiger partial charge >= 0.3 is 0 Å². The van der Waals surface area contributed by atoms with Crippen LogP contribution < -0.4 is 4.57 Å². The first-order chi connectivity index (χ1) is 2.97. The fourth-order valence-corrected chi connectivity index (χ4v) is 0.606. The molecule has 0 N–H and O–H groups in total. The number of fused-ring (bicyclic) bond motifs is 1. The van der Waals surface area contributed by atoms with Gasteiger partial charge < -0.3 is 0 Å². The average Bonchev–Trinajstić information content (AvgIpc) is 2.17. The second kappa shape index (κ2) is 0.492. The van der Waals surface area contributed by atoms with E-state index >= 15 is 0 Å². The first-order valence-electron chi connectivity index (χ1n) is 1.98. The van der Waals surface area contributed by atoms with Gasteiger partial charge in [-0.2, -0.15) is 4.57 Å². The van der Waals surface area contributed by atoms with Gasteiger partial charge in [-0.25, -0.2) is 0 Å². The third-order valence-corrected chi connectivity index (χ3v) is 1.02. The number of pyridine rings is 1. The van der Waals surface area contributed by atoms with E-state index in [4.69, 9.17) is 0 Å². The molecule has 0 aliphatic carbocycles. The summed E-state index contributed by atoms with van der Waals surface area (Å²) in [5.74, 6) is 0. The normalized spacial score (nSPS) is 11.3. The number of rotatable bonds is 0. The summed E-state index contributed by atoms with van der Waals surface area (Å²) >= 11 is 0. The summed E-state index contributed by atoms with van der Waals surface area (Å²) in [4.78, 5) is 0. The van der Waals surface area contributed by atoms with E-state index in [2.05, 4.69) is 16.8 Å². The molecule has 28 valence electrons. The lowest BCUT2D eigenvalue weighted by molar-refractivity contribution is -0.518. The standard InChI is InChI=1S/C5H4N/c1-2-5-4-6(5)3-1/h1-4H/q+1. The van der Waals surface area contributed by atoms with Gasteiger partial charge in [0.25, 0.3) is 5.69 Å². The van der Waals surface area contributed by atoms with Crippen molar-refractivity contribution in [2.75, 3.05) is 0 Å². The predicted octanol–water partition coefficient (Wildman–Crippen LogP) is 0.277. The van der Waals surface area contributed by atoms with Crippen LogP contribution in [0.1, 0.15) is 0 Å². The molecule has 2 heterocycles. The second-order valence-electron chi connectivity index (χ2n) is 1.47. The van der Waals surface area contributed by atoms with Crippen molar-refractivity contribution in [1.29, 1.82) is 0 Å².